The number of thioether (sulfide) groups is 1. The molecule has 0 aliphatic carbocycles. The zero-order valence-corrected chi connectivity index (χ0v) is 20.6. The minimum absolute atomic E-state index is 0.0846. The van der Waals surface area contributed by atoms with Crippen LogP contribution in [0.4, 0.5) is 9.52 Å². The lowest BCUT2D eigenvalue weighted by Gasteiger charge is -2.27. The van der Waals surface area contributed by atoms with E-state index in [9.17, 15) is 9.18 Å². The lowest BCUT2D eigenvalue weighted by Crippen LogP contribution is -2.39. The van der Waals surface area contributed by atoms with Crippen LogP contribution in [0.25, 0.3) is 10.2 Å². The third kappa shape index (κ3) is 6.76. The third-order valence-electron chi connectivity index (χ3n) is 5.74. The zero-order chi connectivity index (χ0) is 23.0. The highest BCUT2D eigenvalue weighted by Gasteiger charge is 2.20. The highest BCUT2D eigenvalue weighted by molar-refractivity contribution is 7.99. The Kier molecular flexibility index (Phi) is 8.72. The fraction of sp³-hybridized carbons (Fsp3) is 0.440. The Morgan fingerprint density at radius 3 is 2.76 bits per heavy atom. The quantitative estimate of drug-likeness (QED) is 0.366. The van der Waals surface area contributed by atoms with Crippen molar-refractivity contribution >= 4 is 44.4 Å². The molecule has 0 saturated carbocycles. The fourth-order valence-electron chi connectivity index (χ4n) is 3.82. The second-order valence-corrected chi connectivity index (χ2v) is 10.2. The van der Waals surface area contributed by atoms with Crippen LogP contribution in [0.2, 0.25) is 0 Å². The fourth-order valence-corrected chi connectivity index (χ4v) is 5.73. The molecule has 1 aliphatic rings. The summed E-state index contributed by atoms with van der Waals surface area (Å²) in [5.74, 6) is 0.486. The van der Waals surface area contributed by atoms with Crippen molar-refractivity contribution in [2.24, 2.45) is 0 Å². The predicted octanol–water partition coefficient (Wildman–Crippen LogP) is 5.24. The molecule has 0 N–H and O–H groups in total. The number of fused-ring (bicyclic) bond motifs is 1. The van der Waals surface area contributed by atoms with Crippen LogP contribution in [0.15, 0.2) is 47.4 Å². The van der Waals surface area contributed by atoms with Crippen LogP contribution in [0.1, 0.15) is 25.3 Å². The van der Waals surface area contributed by atoms with Crippen LogP contribution in [-0.2, 0) is 16.0 Å². The van der Waals surface area contributed by atoms with E-state index < -0.39 is 0 Å². The van der Waals surface area contributed by atoms with Crippen molar-refractivity contribution in [3.63, 3.8) is 0 Å². The largest absolute Gasteiger partial charge is 0.379 e. The van der Waals surface area contributed by atoms with Gasteiger partial charge >= 0.3 is 0 Å². The van der Waals surface area contributed by atoms with Crippen molar-refractivity contribution in [1.29, 1.82) is 0 Å². The van der Waals surface area contributed by atoms with Crippen LogP contribution in [0.5, 0.6) is 0 Å². The van der Waals surface area contributed by atoms with Gasteiger partial charge in [0, 0.05) is 43.2 Å². The molecule has 3 aromatic rings. The number of hydrogen-bond donors (Lipinski definition) is 0. The normalized spacial score (nSPS) is 14.6. The SMILES string of the molecule is CCc1ccc2nc(N(CCCN3CCOCC3)C(=O)CCSc3ccc(F)cc3)sc2c1. The summed E-state index contributed by atoms with van der Waals surface area (Å²) in [5, 5.41) is 0.775. The Bertz CT molecular complexity index is 1050. The van der Waals surface area contributed by atoms with Gasteiger partial charge in [-0.3, -0.25) is 14.6 Å². The average Bonchev–Trinajstić information content (AvgIpc) is 3.26. The monoisotopic (exact) mass is 487 g/mol. The number of hydrogen-bond acceptors (Lipinski definition) is 6. The molecule has 1 aromatic heterocycles. The first kappa shape index (κ1) is 24.1. The van der Waals surface area contributed by atoms with Crippen molar-refractivity contribution in [3.8, 4) is 0 Å². The second-order valence-electron chi connectivity index (χ2n) is 8.06. The summed E-state index contributed by atoms with van der Waals surface area (Å²) in [4.78, 5) is 23.3. The van der Waals surface area contributed by atoms with E-state index in [2.05, 4.69) is 30.0 Å². The molecular formula is C25H30FN3O2S2. The molecule has 2 aromatic carbocycles. The molecule has 1 aliphatic heterocycles. The lowest BCUT2D eigenvalue weighted by atomic mass is 10.2. The van der Waals surface area contributed by atoms with E-state index in [-0.39, 0.29) is 11.7 Å². The number of carbonyl (C=O) groups excluding carboxylic acids is 1. The van der Waals surface area contributed by atoms with Gasteiger partial charge in [-0.05, 0) is 54.8 Å². The number of halogens is 1. The Morgan fingerprint density at radius 1 is 1.21 bits per heavy atom. The maximum Gasteiger partial charge on any atom is 0.229 e. The zero-order valence-electron chi connectivity index (χ0n) is 19.0. The average molecular weight is 488 g/mol. The Hall–Kier alpha value is -2.00. The maximum atomic E-state index is 13.3. The molecule has 2 heterocycles. The number of thiazole rings is 1. The van der Waals surface area contributed by atoms with Gasteiger partial charge in [-0.1, -0.05) is 24.3 Å². The van der Waals surface area contributed by atoms with Crippen molar-refractivity contribution in [1.82, 2.24) is 9.88 Å². The van der Waals surface area contributed by atoms with Crippen molar-refractivity contribution in [2.45, 2.75) is 31.1 Å². The lowest BCUT2D eigenvalue weighted by molar-refractivity contribution is -0.118. The van der Waals surface area contributed by atoms with Gasteiger partial charge in [0.1, 0.15) is 5.82 Å². The van der Waals surface area contributed by atoms with Gasteiger partial charge in [0.25, 0.3) is 0 Å². The minimum atomic E-state index is -0.246. The molecule has 0 radical (unpaired) electrons. The Balaban J connectivity index is 1.42. The van der Waals surface area contributed by atoms with E-state index in [0.717, 1.165) is 65.9 Å². The summed E-state index contributed by atoms with van der Waals surface area (Å²) in [6.07, 6.45) is 2.29. The summed E-state index contributed by atoms with van der Waals surface area (Å²) in [6, 6.07) is 12.7. The van der Waals surface area contributed by atoms with E-state index >= 15 is 0 Å². The Morgan fingerprint density at radius 2 is 2.00 bits per heavy atom. The summed E-state index contributed by atoms with van der Waals surface area (Å²) in [5.41, 5.74) is 2.22. The molecule has 0 atom stereocenters. The van der Waals surface area contributed by atoms with Crippen molar-refractivity contribution in [2.75, 3.05) is 50.0 Å². The highest BCUT2D eigenvalue weighted by Crippen LogP contribution is 2.31. The summed E-state index contributed by atoms with van der Waals surface area (Å²) in [7, 11) is 0. The predicted molar refractivity (Wildman–Crippen MR) is 135 cm³/mol. The third-order valence-corrected chi connectivity index (χ3v) is 7.79. The van der Waals surface area contributed by atoms with E-state index in [4.69, 9.17) is 9.72 Å². The highest BCUT2D eigenvalue weighted by atomic mass is 32.2. The summed E-state index contributed by atoms with van der Waals surface area (Å²) in [6.45, 7) is 7.19. The molecule has 1 amide bonds. The summed E-state index contributed by atoms with van der Waals surface area (Å²) >= 11 is 3.17. The molecule has 4 rings (SSSR count). The minimum Gasteiger partial charge on any atom is -0.379 e. The molecule has 1 fully saturated rings. The number of aromatic nitrogens is 1. The standard InChI is InChI=1S/C25H30FN3O2S2/c1-2-19-4-9-22-23(18-19)33-25(27-22)29(12-3-11-28-13-15-31-16-14-28)24(30)10-17-32-21-7-5-20(26)6-8-21/h4-9,18H,2-3,10-17H2,1H3. The number of morpholine rings is 1. The number of nitrogens with zero attached hydrogens (tertiary/aromatic N) is 3. The Labute approximate surface area is 202 Å². The number of carbonyl (C=O) groups is 1. The molecule has 0 unspecified atom stereocenters. The van der Waals surface area contributed by atoms with Gasteiger partial charge in [0.15, 0.2) is 5.13 Å². The van der Waals surface area contributed by atoms with Crippen LogP contribution in [0.3, 0.4) is 0 Å². The van der Waals surface area contributed by atoms with E-state index in [1.165, 1.54) is 17.7 Å². The van der Waals surface area contributed by atoms with E-state index in [1.54, 1.807) is 35.2 Å². The molecule has 0 bridgehead atoms. The van der Waals surface area contributed by atoms with Gasteiger partial charge < -0.3 is 4.74 Å². The molecular weight excluding hydrogens is 457 g/mol. The number of aryl methyl sites for hydroxylation is 1. The summed E-state index contributed by atoms with van der Waals surface area (Å²) < 4.78 is 19.7. The first-order valence-corrected chi connectivity index (χ1v) is 13.3. The first-order valence-electron chi connectivity index (χ1n) is 11.5. The first-order chi connectivity index (χ1) is 16.1. The molecule has 8 heteroatoms. The van der Waals surface area contributed by atoms with Gasteiger partial charge in [-0.15, -0.1) is 11.8 Å². The number of anilines is 1. The van der Waals surface area contributed by atoms with Crippen LogP contribution in [-0.4, -0.2) is 60.9 Å². The second kappa shape index (κ2) is 11.9. The van der Waals surface area contributed by atoms with Gasteiger partial charge in [-0.2, -0.15) is 0 Å². The van der Waals surface area contributed by atoms with E-state index in [0.29, 0.717) is 18.7 Å². The smallest absolute Gasteiger partial charge is 0.229 e. The molecule has 0 spiro atoms. The number of rotatable bonds is 10. The topological polar surface area (TPSA) is 45.7 Å². The van der Waals surface area contributed by atoms with Crippen LogP contribution < -0.4 is 4.90 Å². The van der Waals surface area contributed by atoms with Crippen molar-refractivity contribution < 1.29 is 13.9 Å². The number of amides is 1. The van der Waals surface area contributed by atoms with Gasteiger partial charge in [0.2, 0.25) is 5.91 Å². The molecule has 1 saturated heterocycles. The number of ether oxygens (including phenoxy) is 1. The van der Waals surface area contributed by atoms with Gasteiger partial charge in [-0.25, -0.2) is 9.37 Å². The van der Waals surface area contributed by atoms with Crippen LogP contribution in [0, 0.1) is 5.82 Å². The molecule has 5 nitrogen and oxygen atoms in total. The number of benzene rings is 2. The van der Waals surface area contributed by atoms with Gasteiger partial charge in [0.05, 0.1) is 23.4 Å². The van der Waals surface area contributed by atoms with E-state index in [1.807, 2.05) is 4.90 Å². The van der Waals surface area contributed by atoms with Crippen molar-refractivity contribution in [3.05, 3.63) is 53.8 Å². The molecule has 33 heavy (non-hydrogen) atoms. The maximum absolute atomic E-state index is 13.3. The molecule has 176 valence electrons. The van der Waals surface area contributed by atoms with Crippen LogP contribution >= 0.6 is 23.1 Å².